The number of likely N-dealkylation sites (tertiary alicyclic amines) is 1. The molecule has 2 aromatic rings. The maximum absolute atomic E-state index is 11.4. The van der Waals surface area contributed by atoms with Crippen LogP contribution < -0.4 is 4.74 Å². The summed E-state index contributed by atoms with van der Waals surface area (Å²) in [6, 6.07) is 16.7. The number of hydrogen-bond acceptors (Lipinski definition) is 3. The second-order valence-corrected chi connectivity index (χ2v) is 8.39. The van der Waals surface area contributed by atoms with Gasteiger partial charge in [0.15, 0.2) is 0 Å². The molecule has 144 valence electrons. The van der Waals surface area contributed by atoms with Gasteiger partial charge in [0.1, 0.15) is 5.75 Å². The zero-order valence-corrected chi connectivity index (χ0v) is 16.7. The van der Waals surface area contributed by atoms with E-state index in [1.54, 1.807) is 7.11 Å². The van der Waals surface area contributed by atoms with E-state index in [0.29, 0.717) is 0 Å². The maximum atomic E-state index is 11.4. The SMILES string of the molecule is COc1ccc([C@@H]2[C@@H]3CCCC[C@]3(O)CCN2Cc2ccccc2Cl)cc1. The maximum Gasteiger partial charge on any atom is 0.118 e. The lowest BCUT2D eigenvalue weighted by Gasteiger charge is -2.53. The van der Waals surface area contributed by atoms with Gasteiger partial charge in [0.25, 0.3) is 0 Å². The van der Waals surface area contributed by atoms with Gasteiger partial charge in [-0.25, -0.2) is 0 Å². The van der Waals surface area contributed by atoms with Crippen LogP contribution in [0.2, 0.25) is 5.02 Å². The number of hydrogen-bond donors (Lipinski definition) is 1. The lowest BCUT2D eigenvalue weighted by molar-refractivity contribution is -0.126. The smallest absolute Gasteiger partial charge is 0.118 e. The fourth-order valence-electron chi connectivity index (χ4n) is 5.01. The second-order valence-electron chi connectivity index (χ2n) is 7.99. The molecule has 4 rings (SSSR count). The molecule has 1 N–H and O–H groups in total. The summed E-state index contributed by atoms with van der Waals surface area (Å²) in [5, 5.41) is 12.2. The van der Waals surface area contributed by atoms with Crippen molar-refractivity contribution in [3.63, 3.8) is 0 Å². The predicted octanol–water partition coefficient (Wildman–Crippen LogP) is 5.22. The van der Waals surface area contributed by atoms with Crippen LogP contribution in [-0.4, -0.2) is 29.3 Å². The van der Waals surface area contributed by atoms with Crippen molar-refractivity contribution in [2.75, 3.05) is 13.7 Å². The van der Waals surface area contributed by atoms with Gasteiger partial charge in [0, 0.05) is 30.1 Å². The molecule has 1 aliphatic heterocycles. The van der Waals surface area contributed by atoms with Gasteiger partial charge in [0.2, 0.25) is 0 Å². The minimum atomic E-state index is -0.542. The van der Waals surface area contributed by atoms with Crippen LogP contribution >= 0.6 is 11.6 Å². The van der Waals surface area contributed by atoms with Gasteiger partial charge < -0.3 is 9.84 Å². The molecule has 4 heteroatoms. The van der Waals surface area contributed by atoms with Crippen LogP contribution in [0.25, 0.3) is 0 Å². The van der Waals surface area contributed by atoms with Gasteiger partial charge in [-0.3, -0.25) is 4.90 Å². The first kappa shape index (κ1) is 18.8. The summed E-state index contributed by atoms with van der Waals surface area (Å²) >= 11 is 6.45. The predicted molar refractivity (Wildman–Crippen MR) is 109 cm³/mol. The average molecular weight is 386 g/mol. The molecule has 0 bridgehead atoms. The molecule has 2 aromatic carbocycles. The summed E-state index contributed by atoms with van der Waals surface area (Å²) in [4.78, 5) is 2.51. The van der Waals surface area contributed by atoms with Crippen LogP contribution in [-0.2, 0) is 6.54 Å². The van der Waals surface area contributed by atoms with Crippen LogP contribution in [0.1, 0.15) is 49.3 Å². The van der Waals surface area contributed by atoms with Crippen molar-refractivity contribution in [2.45, 2.75) is 50.3 Å². The Morgan fingerprint density at radius 3 is 2.63 bits per heavy atom. The van der Waals surface area contributed by atoms with E-state index in [1.807, 2.05) is 30.3 Å². The largest absolute Gasteiger partial charge is 0.497 e. The van der Waals surface area contributed by atoms with Crippen molar-refractivity contribution in [1.82, 2.24) is 4.90 Å². The quantitative estimate of drug-likeness (QED) is 0.783. The number of halogens is 1. The zero-order chi connectivity index (χ0) is 18.9. The Morgan fingerprint density at radius 1 is 1.11 bits per heavy atom. The third-order valence-electron chi connectivity index (χ3n) is 6.46. The molecule has 2 fully saturated rings. The summed E-state index contributed by atoms with van der Waals surface area (Å²) in [5.74, 6) is 1.13. The van der Waals surface area contributed by atoms with Crippen LogP contribution in [0, 0.1) is 5.92 Å². The molecule has 0 unspecified atom stereocenters. The average Bonchev–Trinajstić information content (AvgIpc) is 2.70. The standard InChI is InChI=1S/C23H28ClNO2/c1-27-19-11-9-17(10-12-19)22-20-7-4-5-13-23(20,26)14-15-25(22)16-18-6-2-3-8-21(18)24/h2-3,6,8-12,20,22,26H,4-5,7,13-16H2,1H3/t20-,22+,23-/m0/s1. The highest BCUT2D eigenvalue weighted by Gasteiger charge is 2.48. The number of methoxy groups -OCH3 is 1. The van der Waals surface area contributed by atoms with E-state index >= 15 is 0 Å². The number of rotatable bonds is 4. The van der Waals surface area contributed by atoms with E-state index in [4.69, 9.17) is 16.3 Å². The first-order valence-electron chi connectivity index (χ1n) is 9.94. The highest BCUT2D eigenvalue weighted by Crippen LogP contribution is 2.49. The summed E-state index contributed by atoms with van der Waals surface area (Å²) in [6.45, 7) is 1.69. The first-order chi connectivity index (χ1) is 13.1. The normalized spacial score (nSPS) is 28.6. The lowest BCUT2D eigenvalue weighted by Crippen LogP contribution is -2.54. The Bertz CT molecular complexity index is 778. The molecular formula is C23H28ClNO2. The van der Waals surface area contributed by atoms with Gasteiger partial charge in [-0.1, -0.05) is 54.8 Å². The Labute approximate surface area is 166 Å². The van der Waals surface area contributed by atoms with E-state index in [1.165, 1.54) is 12.0 Å². The summed E-state index contributed by atoms with van der Waals surface area (Å²) in [6.07, 6.45) is 5.16. The summed E-state index contributed by atoms with van der Waals surface area (Å²) in [5.41, 5.74) is 1.87. The molecule has 2 aliphatic rings. The number of nitrogens with zero attached hydrogens (tertiary/aromatic N) is 1. The van der Waals surface area contributed by atoms with Gasteiger partial charge >= 0.3 is 0 Å². The Hall–Kier alpha value is -1.55. The van der Waals surface area contributed by atoms with Gasteiger partial charge in [-0.15, -0.1) is 0 Å². The molecule has 1 saturated heterocycles. The molecule has 3 nitrogen and oxygen atoms in total. The molecule has 1 saturated carbocycles. The fourth-order valence-corrected chi connectivity index (χ4v) is 5.20. The van der Waals surface area contributed by atoms with Crippen molar-refractivity contribution < 1.29 is 9.84 Å². The third kappa shape index (κ3) is 3.73. The fraction of sp³-hybridized carbons (Fsp3) is 0.478. The van der Waals surface area contributed by atoms with Gasteiger partial charge in [0.05, 0.1) is 12.7 Å². The van der Waals surface area contributed by atoms with Crippen molar-refractivity contribution >= 4 is 11.6 Å². The topological polar surface area (TPSA) is 32.7 Å². The van der Waals surface area contributed by atoms with Crippen molar-refractivity contribution in [3.8, 4) is 5.75 Å². The van der Waals surface area contributed by atoms with Crippen LogP contribution in [0.4, 0.5) is 0 Å². The monoisotopic (exact) mass is 385 g/mol. The van der Waals surface area contributed by atoms with Crippen LogP contribution in [0.3, 0.4) is 0 Å². The number of benzene rings is 2. The molecule has 3 atom stereocenters. The van der Waals surface area contributed by atoms with Crippen molar-refractivity contribution in [1.29, 1.82) is 0 Å². The Balaban J connectivity index is 1.69. The first-order valence-corrected chi connectivity index (χ1v) is 10.3. The van der Waals surface area contributed by atoms with E-state index in [2.05, 4.69) is 23.1 Å². The van der Waals surface area contributed by atoms with E-state index in [9.17, 15) is 5.11 Å². The van der Waals surface area contributed by atoms with E-state index in [0.717, 1.165) is 55.1 Å². The molecule has 0 aromatic heterocycles. The summed E-state index contributed by atoms with van der Waals surface area (Å²) < 4.78 is 5.34. The van der Waals surface area contributed by atoms with Crippen LogP contribution in [0.5, 0.6) is 5.75 Å². The molecule has 0 spiro atoms. The molecule has 27 heavy (non-hydrogen) atoms. The molecule has 1 aliphatic carbocycles. The molecule has 0 radical (unpaired) electrons. The molecule has 0 amide bonds. The zero-order valence-electron chi connectivity index (χ0n) is 15.9. The van der Waals surface area contributed by atoms with E-state index in [-0.39, 0.29) is 12.0 Å². The highest BCUT2D eigenvalue weighted by molar-refractivity contribution is 6.31. The number of aliphatic hydroxyl groups is 1. The Morgan fingerprint density at radius 2 is 1.89 bits per heavy atom. The Kier molecular flexibility index (Phi) is 5.45. The minimum Gasteiger partial charge on any atom is -0.497 e. The minimum absolute atomic E-state index is 0.200. The number of piperidine rings is 1. The van der Waals surface area contributed by atoms with Crippen molar-refractivity contribution in [2.24, 2.45) is 5.92 Å². The van der Waals surface area contributed by atoms with Crippen molar-refractivity contribution in [3.05, 3.63) is 64.7 Å². The molecule has 1 heterocycles. The molecular weight excluding hydrogens is 358 g/mol. The van der Waals surface area contributed by atoms with Gasteiger partial charge in [-0.05, 0) is 48.6 Å². The highest BCUT2D eigenvalue weighted by atomic mass is 35.5. The summed E-state index contributed by atoms with van der Waals surface area (Å²) in [7, 11) is 1.69. The lowest BCUT2D eigenvalue weighted by atomic mass is 9.66. The number of ether oxygens (including phenoxy) is 1. The third-order valence-corrected chi connectivity index (χ3v) is 6.83. The van der Waals surface area contributed by atoms with E-state index < -0.39 is 5.60 Å². The van der Waals surface area contributed by atoms with Gasteiger partial charge in [-0.2, -0.15) is 0 Å². The number of fused-ring (bicyclic) bond motifs is 1. The van der Waals surface area contributed by atoms with Crippen LogP contribution in [0.15, 0.2) is 48.5 Å². The second kappa shape index (κ2) is 7.83.